The molecule has 22 heavy (non-hydrogen) atoms. The first-order valence-electron chi connectivity index (χ1n) is 7.44. The van der Waals surface area contributed by atoms with Crippen molar-refractivity contribution < 1.29 is 19.5 Å². The van der Waals surface area contributed by atoms with Crippen molar-refractivity contribution in [1.29, 1.82) is 0 Å². The summed E-state index contributed by atoms with van der Waals surface area (Å²) < 4.78 is 0. The highest BCUT2D eigenvalue weighted by atomic mass is 16.4. The molecule has 0 aromatic heterocycles. The lowest BCUT2D eigenvalue weighted by molar-refractivity contribution is -0.138. The SMILES string of the molecule is CC.CC(C)C(=O)CC(=O)c1ccc(CC(N)C(=O)O)cc1. The van der Waals surface area contributed by atoms with Crippen LogP contribution in [0.5, 0.6) is 0 Å². The van der Waals surface area contributed by atoms with Crippen molar-refractivity contribution >= 4 is 17.5 Å². The molecule has 0 heterocycles. The number of rotatable bonds is 7. The Morgan fingerprint density at radius 3 is 2.00 bits per heavy atom. The lowest BCUT2D eigenvalue weighted by Gasteiger charge is -2.07. The van der Waals surface area contributed by atoms with E-state index < -0.39 is 12.0 Å². The van der Waals surface area contributed by atoms with E-state index in [9.17, 15) is 14.4 Å². The van der Waals surface area contributed by atoms with Gasteiger partial charge in [0, 0.05) is 11.5 Å². The summed E-state index contributed by atoms with van der Waals surface area (Å²) >= 11 is 0. The van der Waals surface area contributed by atoms with Gasteiger partial charge in [0.25, 0.3) is 0 Å². The highest BCUT2D eigenvalue weighted by Crippen LogP contribution is 2.10. The minimum absolute atomic E-state index is 0.0908. The summed E-state index contributed by atoms with van der Waals surface area (Å²) in [6.07, 6.45) is 0.0976. The maximum Gasteiger partial charge on any atom is 0.320 e. The van der Waals surface area contributed by atoms with Gasteiger partial charge < -0.3 is 10.8 Å². The van der Waals surface area contributed by atoms with E-state index in [1.807, 2.05) is 13.8 Å². The second kappa shape index (κ2) is 9.84. The number of ketones is 2. The summed E-state index contributed by atoms with van der Waals surface area (Å²) in [5.74, 6) is -1.54. The van der Waals surface area contributed by atoms with Gasteiger partial charge in [-0.05, 0) is 12.0 Å². The van der Waals surface area contributed by atoms with Gasteiger partial charge in [0.1, 0.15) is 11.8 Å². The number of Topliss-reactive ketones (excluding diaryl/α,β-unsaturated/α-hetero) is 2. The molecule has 0 saturated carbocycles. The van der Waals surface area contributed by atoms with Crippen molar-refractivity contribution in [2.24, 2.45) is 11.7 Å². The zero-order chi connectivity index (χ0) is 17.3. The van der Waals surface area contributed by atoms with Crippen LogP contribution >= 0.6 is 0 Å². The van der Waals surface area contributed by atoms with Crippen LogP contribution < -0.4 is 5.73 Å². The fraction of sp³-hybridized carbons (Fsp3) is 0.471. The van der Waals surface area contributed by atoms with Crippen LogP contribution in [0.1, 0.15) is 50.0 Å². The molecule has 0 radical (unpaired) electrons. The summed E-state index contributed by atoms with van der Waals surface area (Å²) in [6, 6.07) is 5.56. The predicted molar refractivity (Wildman–Crippen MR) is 85.9 cm³/mol. The molecule has 1 unspecified atom stereocenters. The van der Waals surface area contributed by atoms with Gasteiger partial charge in [-0.2, -0.15) is 0 Å². The average molecular weight is 307 g/mol. The summed E-state index contributed by atoms with van der Waals surface area (Å²) in [7, 11) is 0. The van der Waals surface area contributed by atoms with E-state index in [1.165, 1.54) is 0 Å². The molecule has 3 N–H and O–H groups in total. The van der Waals surface area contributed by atoms with Crippen molar-refractivity contribution in [2.75, 3.05) is 0 Å². The summed E-state index contributed by atoms with van der Waals surface area (Å²) in [6.45, 7) is 7.51. The largest absolute Gasteiger partial charge is 0.480 e. The van der Waals surface area contributed by atoms with Crippen LogP contribution in [0.3, 0.4) is 0 Å². The van der Waals surface area contributed by atoms with E-state index in [0.29, 0.717) is 5.56 Å². The Balaban J connectivity index is 0.00000211. The second-order valence-electron chi connectivity index (χ2n) is 5.07. The minimum Gasteiger partial charge on any atom is -0.480 e. The van der Waals surface area contributed by atoms with Gasteiger partial charge in [-0.25, -0.2) is 0 Å². The molecule has 5 nitrogen and oxygen atoms in total. The predicted octanol–water partition coefficient (Wildman–Crippen LogP) is 2.47. The maximum atomic E-state index is 11.9. The van der Waals surface area contributed by atoms with E-state index in [1.54, 1.807) is 38.1 Å². The monoisotopic (exact) mass is 307 g/mol. The van der Waals surface area contributed by atoms with Gasteiger partial charge in [0.2, 0.25) is 0 Å². The number of aliphatic carboxylic acids is 1. The molecular weight excluding hydrogens is 282 g/mol. The molecule has 0 spiro atoms. The van der Waals surface area contributed by atoms with E-state index in [2.05, 4.69) is 0 Å². The zero-order valence-electron chi connectivity index (χ0n) is 13.6. The number of carboxylic acid groups (broad SMARTS) is 1. The fourth-order valence-electron chi connectivity index (χ4n) is 1.63. The van der Waals surface area contributed by atoms with Gasteiger partial charge in [0.05, 0.1) is 6.42 Å². The molecule has 1 rings (SSSR count). The molecule has 0 saturated heterocycles. The Morgan fingerprint density at radius 2 is 1.59 bits per heavy atom. The first-order valence-corrected chi connectivity index (χ1v) is 7.44. The topological polar surface area (TPSA) is 97.5 Å². The summed E-state index contributed by atoms with van der Waals surface area (Å²) in [4.78, 5) is 34.0. The molecule has 1 aromatic rings. The van der Waals surface area contributed by atoms with Crippen LogP contribution in [0.4, 0.5) is 0 Å². The third-order valence-corrected chi connectivity index (χ3v) is 3.03. The summed E-state index contributed by atoms with van der Waals surface area (Å²) in [5, 5.41) is 8.72. The normalized spacial score (nSPS) is 11.4. The Kier molecular flexibility index (Phi) is 8.94. The summed E-state index contributed by atoms with van der Waals surface area (Å²) in [5.41, 5.74) is 6.63. The van der Waals surface area contributed by atoms with Crippen LogP contribution in [0.25, 0.3) is 0 Å². The molecule has 1 aromatic carbocycles. The Labute approximate surface area is 131 Å². The number of carbonyl (C=O) groups is 3. The number of carbonyl (C=O) groups excluding carboxylic acids is 2. The van der Waals surface area contributed by atoms with Gasteiger partial charge in [0.15, 0.2) is 5.78 Å². The Hall–Kier alpha value is -2.01. The third-order valence-electron chi connectivity index (χ3n) is 3.03. The molecule has 0 aliphatic carbocycles. The molecule has 122 valence electrons. The lowest BCUT2D eigenvalue weighted by atomic mass is 9.98. The standard InChI is InChI=1S/C15H19NO4.C2H6/c1-9(2)13(17)8-14(18)11-5-3-10(4-6-11)7-12(16)15(19)20;1-2/h3-6,9,12H,7-8,16H2,1-2H3,(H,19,20);1-2H3. The van der Waals surface area contributed by atoms with Crippen LogP contribution in [0.15, 0.2) is 24.3 Å². The van der Waals surface area contributed by atoms with Crippen LogP contribution in [0, 0.1) is 5.92 Å². The van der Waals surface area contributed by atoms with Gasteiger partial charge in [-0.15, -0.1) is 0 Å². The van der Waals surface area contributed by atoms with Crippen molar-refractivity contribution in [3.05, 3.63) is 35.4 Å². The molecule has 0 fully saturated rings. The molecule has 0 bridgehead atoms. The minimum atomic E-state index is -1.06. The molecule has 5 heteroatoms. The molecule has 1 atom stereocenters. The first-order chi connectivity index (χ1) is 10.3. The number of carboxylic acids is 1. The van der Waals surface area contributed by atoms with Gasteiger partial charge in [-0.3, -0.25) is 14.4 Å². The second-order valence-corrected chi connectivity index (χ2v) is 5.07. The van der Waals surface area contributed by atoms with E-state index >= 15 is 0 Å². The van der Waals surface area contributed by atoms with Gasteiger partial charge >= 0.3 is 5.97 Å². The third kappa shape index (κ3) is 6.63. The number of nitrogens with two attached hydrogens (primary N) is 1. The van der Waals surface area contributed by atoms with Crippen molar-refractivity contribution in [3.8, 4) is 0 Å². The van der Waals surface area contributed by atoms with E-state index in [-0.39, 0.29) is 30.3 Å². The molecule has 0 amide bonds. The van der Waals surface area contributed by atoms with E-state index in [0.717, 1.165) is 5.56 Å². The lowest BCUT2D eigenvalue weighted by Crippen LogP contribution is -2.32. The average Bonchev–Trinajstić information content (AvgIpc) is 2.49. The number of hydrogen-bond donors (Lipinski definition) is 2. The zero-order valence-corrected chi connectivity index (χ0v) is 13.6. The number of benzene rings is 1. The van der Waals surface area contributed by atoms with Gasteiger partial charge in [-0.1, -0.05) is 52.0 Å². The van der Waals surface area contributed by atoms with E-state index in [4.69, 9.17) is 10.8 Å². The first kappa shape index (κ1) is 20.0. The number of hydrogen-bond acceptors (Lipinski definition) is 4. The highest BCUT2D eigenvalue weighted by Gasteiger charge is 2.15. The maximum absolute atomic E-state index is 11.9. The van der Waals surface area contributed by atoms with Crippen molar-refractivity contribution in [1.82, 2.24) is 0 Å². The van der Waals surface area contributed by atoms with Crippen molar-refractivity contribution in [3.63, 3.8) is 0 Å². The highest BCUT2D eigenvalue weighted by molar-refractivity contribution is 6.08. The Bertz CT molecular complexity index is 506. The Morgan fingerprint density at radius 1 is 1.09 bits per heavy atom. The molecular formula is C17H25NO4. The van der Waals surface area contributed by atoms with Crippen LogP contribution in [-0.2, 0) is 16.0 Å². The quantitative estimate of drug-likeness (QED) is 0.595. The smallest absolute Gasteiger partial charge is 0.320 e. The van der Waals surface area contributed by atoms with Crippen LogP contribution in [-0.4, -0.2) is 28.7 Å². The van der Waals surface area contributed by atoms with Crippen molar-refractivity contribution in [2.45, 2.75) is 46.6 Å². The molecule has 0 aliphatic heterocycles. The fourth-order valence-corrected chi connectivity index (χ4v) is 1.63. The molecule has 0 aliphatic rings. The van der Waals surface area contributed by atoms with Crippen LogP contribution in [0.2, 0.25) is 0 Å².